The number of aliphatic hydroxyl groups excluding tert-OH is 1. The molecule has 0 amide bonds. The lowest BCUT2D eigenvalue weighted by Gasteiger charge is -2.39. The van der Waals surface area contributed by atoms with Gasteiger partial charge in [-0.05, 0) is 55.7 Å². The fraction of sp³-hybridized carbons (Fsp3) is 0.400. The zero-order valence-electron chi connectivity index (χ0n) is 19.8. The molecule has 4 rings (SSSR count). The van der Waals surface area contributed by atoms with Gasteiger partial charge in [-0.15, -0.1) is 0 Å². The van der Waals surface area contributed by atoms with E-state index in [1.807, 2.05) is 0 Å². The van der Waals surface area contributed by atoms with Gasteiger partial charge in [0.25, 0.3) is 0 Å². The van der Waals surface area contributed by atoms with Gasteiger partial charge in [-0.1, -0.05) is 12.1 Å². The molecule has 1 aromatic heterocycles. The molecule has 3 atom stereocenters. The summed E-state index contributed by atoms with van der Waals surface area (Å²) in [6.07, 6.45) is -5.33. The third-order valence-electron chi connectivity index (χ3n) is 7.07. The van der Waals surface area contributed by atoms with Crippen molar-refractivity contribution in [2.24, 2.45) is 0 Å². The second-order valence-electron chi connectivity index (χ2n) is 9.16. The first-order valence-corrected chi connectivity index (χ1v) is 13.1. The van der Waals surface area contributed by atoms with Crippen molar-refractivity contribution in [1.29, 1.82) is 0 Å². The van der Waals surface area contributed by atoms with Crippen LogP contribution in [0.2, 0.25) is 0 Å². The Kier molecular flexibility index (Phi) is 6.45. The second-order valence-corrected chi connectivity index (χ2v) is 11.5. The summed E-state index contributed by atoms with van der Waals surface area (Å²) < 4.78 is 84.9. The Morgan fingerprint density at radius 3 is 2.42 bits per heavy atom. The zero-order chi connectivity index (χ0) is 26.6. The maximum Gasteiger partial charge on any atom is 0.416 e. The largest absolute Gasteiger partial charge is 0.469 e. The summed E-state index contributed by atoms with van der Waals surface area (Å²) >= 11 is 0. The fourth-order valence-electron chi connectivity index (χ4n) is 5.22. The molecule has 0 saturated carbocycles. The molecule has 2 aromatic carbocycles. The number of alkyl halides is 3. The van der Waals surface area contributed by atoms with E-state index >= 15 is 0 Å². The molecule has 0 unspecified atom stereocenters. The predicted octanol–water partition coefficient (Wildman–Crippen LogP) is 5.04. The lowest BCUT2D eigenvalue weighted by Crippen LogP contribution is -2.43. The Labute approximate surface area is 205 Å². The SMILES string of the molecule is COC(=O)C[C@]1(S(C)(=O)=O)CC[C@H](O)c2c1n([C@@H](C)c1ccc(C(F)(F)F)cc1)c1ccc(F)cc21. The molecule has 1 N–H and O–H groups in total. The standard InChI is InChI=1S/C25H25F4NO5S/c1-14(15-4-6-16(7-5-15)25(27,28)29)30-19-9-8-17(26)12-18(19)22-20(31)10-11-24(23(22)30,36(3,33)34)13-21(32)35-2/h4-9,12,14,20,31H,10-11,13H2,1-3H3/t14-,20-,24+/m0/s1. The number of carbonyl (C=O) groups excluding carboxylic acids is 1. The number of rotatable bonds is 5. The van der Waals surface area contributed by atoms with Crippen LogP contribution in [0.15, 0.2) is 42.5 Å². The number of nitrogens with zero attached hydrogens (tertiary/aromatic N) is 1. The molecular weight excluding hydrogens is 502 g/mol. The van der Waals surface area contributed by atoms with E-state index in [1.165, 1.54) is 30.3 Å². The van der Waals surface area contributed by atoms with Gasteiger partial charge in [0.05, 0.1) is 31.2 Å². The Bertz CT molecular complexity index is 1430. The average Bonchev–Trinajstić information content (AvgIpc) is 3.14. The molecule has 0 radical (unpaired) electrons. The molecule has 3 aromatic rings. The molecule has 0 aliphatic heterocycles. The smallest absolute Gasteiger partial charge is 0.416 e. The van der Waals surface area contributed by atoms with E-state index in [9.17, 15) is 35.9 Å². The molecule has 0 fully saturated rings. The Morgan fingerprint density at radius 1 is 1.22 bits per heavy atom. The Balaban J connectivity index is 2.07. The lowest BCUT2D eigenvalue weighted by molar-refractivity contribution is -0.141. The molecule has 6 nitrogen and oxygen atoms in total. The number of hydrogen-bond acceptors (Lipinski definition) is 5. The van der Waals surface area contributed by atoms with Gasteiger partial charge in [-0.3, -0.25) is 4.79 Å². The summed E-state index contributed by atoms with van der Waals surface area (Å²) in [6, 6.07) is 7.50. The van der Waals surface area contributed by atoms with E-state index in [-0.39, 0.29) is 29.5 Å². The highest BCUT2D eigenvalue weighted by Crippen LogP contribution is 2.52. The summed E-state index contributed by atoms with van der Waals surface area (Å²) in [5.41, 5.74) is 0.262. The second kappa shape index (κ2) is 8.88. The third-order valence-corrected chi connectivity index (χ3v) is 9.03. The molecule has 0 bridgehead atoms. The third kappa shape index (κ3) is 4.17. The summed E-state index contributed by atoms with van der Waals surface area (Å²) in [7, 11) is -2.90. The van der Waals surface area contributed by atoms with Crippen LogP contribution in [0.25, 0.3) is 10.9 Å². The van der Waals surface area contributed by atoms with Crippen LogP contribution in [-0.2, 0) is 30.3 Å². The van der Waals surface area contributed by atoms with Crippen molar-refractivity contribution in [3.05, 3.63) is 70.7 Å². The van der Waals surface area contributed by atoms with E-state index in [4.69, 9.17) is 4.74 Å². The van der Waals surface area contributed by atoms with Crippen molar-refractivity contribution >= 4 is 26.7 Å². The van der Waals surface area contributed by atoms with Crippen molar-refractivity contribution in [3.63, 3.8) is 0 Å². The average molecular weight is 528 g/mol. The van der Waals surface area contributed by atoms with Gasteiger partial charge in [0, 0.05) is 28.4 Å². The highest BCUT2D eigenvalue weighted by molar-refractivity contribution is 7.91. The predicted molar refractivity (Wildman–Crippen MR) is 125 cm³/mol. The van der Waals surface area contributed by atoms with Gasteiger partial charge in [0.15, 0.2) is 9.84 Å². The minimum absolute atomic E-state index is 0.00134. The van der Waals surface area contributed by atoms with Crippen LogP contribution in [-0.4, -0.2) is 37.4 Å². The van der Waals surface area contributed by atoms with Crippen LogP contribution in [0.4, 0.5) is 17.6 Å². The summed E-state index contributed by atoms with van der Waals surface area (Å²) in [6.45, 7) is 1.66. The number of esters is 1. The molecule has 1 aliphatic carbocycles. The summed E-state index contributed by atoms with van der Waals surface area (Å²) in [4.78, 5) is 12.5. The zero-order valence-corrected chi connectivity index (χ0v) is 20.6. The number of methoxy groups -OCH3 is 1. The quantitative estimate of drug-likeness (QED) is 0.371. The van der Waals surface area contributed by atoms with Crippen molar-refractivity contribution in [3.8, 4) is 0 Å². The number of fused-ring (bicyclic) bond motifs is 3. The Morgan fingerprint density at radius 2 is 1.86 bits per heavy atom. The van der Waals surface area contributed by atoms with Gasteiger partial charge in [0.1, 0.15) is 10.6 Å². The lowest BCUT2D eigenvalue weighted by atomic mass is 9.81. The number of aromatic nitrogens is 1. The molecule has 0 spiro atoms. The molecular formula is C25H25F4NO5S. The van der Waals surface area contributed by atoms with Crippen LogP contribution in [0, 0.1) is 5.82 Å². The van der Waals surface area contributed by atoms with Gasteiger partial charge >= 0.3 is 12.1 Å². The minimum Gasteiger partial charge on any atom is -0.469 e. The number of aliphatic hydroxyl groups is 1. The normalized spacial score (nSPS) is 21.3. The van der Waals surface area contributed by atoms with Crippen LogP contribution in [0.3, 0.4) is 0 Å². The number of sulfone groups is 1. The highest BCUT2D eigenvalue weighted by Gasteiger charge is 2.53. The van der Waals surface area contributed by atoms with Crippen molar-refractivity contribution in [2.45, 2.75) is 49.3 Å². The first-order chi connectivity index (χ1) is 16.7. The molecule has 11 heteroatoms. The van der Waals surface area contributed by atoms with E-state index in [2.05, 4.69) is 0 Å². The van der Waals surface area contributed by atoms with Crippen molar-refractivity contribution in [1.82, 2.24) is 4.57 Å². The van der Waals surface area contributed by atoms with Crippen LogP contribution in [0.1, 0.15) is 60.7 Å². The van der Waals surface area contributed by atoms with E-state index in [0.717, 1.165) is 25.5 Å². The summed E-state index contributed by atoms with van der Waals surface area (Å²) in [5.74, 6) is -1.40. The Hall–Kier alpha value is -2.92. The molecule has 0 saturated heterocycles. The molecule has 194 valence electrons. The number of carbonyl (C=O) groups is 1. The monoisotopic (exact) mass is 527 g/mol. The highest BCUT2D eigenvalue weighted by atomic mass is 32.2. The topological polar surface area (TPSA) is 85.6 Å². The fourth-order valence-corrected chi connectivity index (χ4v) is 6.65. The van der Waals surface area contributed by atoms with Gasteiger partial charge in [0.2, 0.25) is 0 Å². The van der Waals surface area contributed by atoms with Crippen LogP contribution in [0.5, 0.6) is 0 Å². The minimum atomic E-state index is -4.53. The number of hydrogen-bond donors (Lipinski definition) is 1. The van der Waals surface area contributed by atoms with Gasteiger partial charge in [-0.25, -0.2) is 12.8 Å². The van der Waals surface area contributed by atoms with Crippen molar-refractivity contribution < 1.29 is 40.6 Å². The van der Waals surface area contributed by atoms with E-state index in [0.29, 0.717) is 11.1 Å². The molecule has 1 heterocycles. The van der Waals surface area contributed by atoms with E-state index in [1.54, 1.807) is 11.5 Å². The van der Waals surface area contributed by atoms with Crippen LogP contribution >= 0.6 is 0 Å². The molecule has 36 heavy (non-hydrogen) atoms. The number of halogens is 4. The molecule has 1 aliphatic rings. The first kappa shape index (κ1) is 26.2. The van der Waals surface area contributed by atoms with Gasteiger partial charge < -0.3 is 14.4 Å². The maximum atomic E-state index is 14.3. The number of ether oxygens (including phenoxy) is 1. The summed E-state index contributed by atoms with van der Waals surface area (Å²) in [5, 5.41) is 11.2. The van der Waals surface area contributed by atoms with Crippen molar-refractivity contribution in [2.75, 3.05) is 13.4 Å². The first-order valence-electron chi connectivity index (χ1n) is 11.2. The maximum absolute atomic E-state index is 14.3. The van der Waals surface area contributed by atoms with E-state index < -0.39 is 56.7 Å². The number of benzene rings is 2. The van der Waals surface area contributed by atoms with Crippen LogP contribution < -0.4 is 0 Å². The van der Waals surface area contributed by atoms with Gasteiger partial charge in [-0.2, -0.15) is 13.2 Å².